The van der Waals surface area contributed by atoms with Gasteiger partial charge < -0.3 is 19.0 Å². The highest BCUT2D eigenvalue weighted by molar-refractivity contribution is 5.96. The van der Waals surface area contributed by atoms with Crippen LogP contribution in [-0.2, 0) is 22.6 Å². The summed E-state index contributed by atoms with van der Waals surface area (Å²) in [5.74, 6) is -0.326. The van der Waals surface area contributed by atoms with Crippen molar-refractivity contribution in [1.82, 2.24) is 9.80 Å². The molecule has 2 aromatic carbocycles. The second-order valence-corrected chi connectivity index (χ2v) is 8.72. The number of rotatable bonds is 9. The van der Waals surface area contributed by atoms with Crippen LogP contribution in [0, 0.1) is 18.6 Å². The number of benzene rings is 2. The fraction of sp³-hybridized carbons (Fsp3) is 0.333. The Hall–Kier alpha value is -3.52. The summed E-state index contributed by atoms with van der Waals surface area (Å²) in [6.07, 6.45) is 1.49. The zero-order valence-electron chi connectivity index (χ0n) is 19.6. The van der Waals surface area contributed by atoms with Gasteiger partial charge in [0, 0.05) is 25.3 Å². The van der Waals surface area contributed by atoms with Gasteiger partial charge in [0.15, 0.2) is 0 Å². The van der Waals surface area contributed by atoms with Gasteiger partial charge >= 0.3 is 0 Å². The van der Waals surface area contributed by atoms with Crippen LogP contribution < -0.4 is 0 Å². The van der Waals surface area contributed by atoms with Gasteiger partial charge in [0.05, 0.1) is 12.6 Å². The molecular formula is C27H28F2N2O4. The van der Waals surface area contributed by atoms with Gasteiger partial charge in [-0.05, 0) is 67.8 Å². The van der Waals surface area contributed by atoms with Crippen LogP contribution >= 0.6 is 0 Å². The van der Waals surface area contributed by atoms with Gasteiger partial charge in [-0.25, -0.2) is 8.78 Å². The predicted molar refractivity (Wildman–Crippen MR) is 125 cm³/mol. The lowest BCUT2D eigenvalue weighted by atomic mass is 10.1. The van der Waals surface area contributed by atoms with E-state index in [1.165, 1.54) is 35.2 Å². The molecule has 6 nitrogen and oxygen atoms in total. The Bertz CT molecular complexity index is 1160. The number of halogens is 2. The second kappa shape index (κ2) is 11.3. The largest absolute Gasteiger partial charge is 0.464 e. The Kier molecular flexibility index (Phi) is 7.92. The maximum atomic E-state index is 13.8. The van der Waals surface area contributed by atoms with E-state index in [1.54, 1.807) is 23.1 Å². The van der Waals surface area contributed by atoms with Crippen molar-refractivity contribution in [1.29, 1.82) is 0 Å². The van der Waals surface area contributed by atoms with E-state index < -0.39 is 11.7 Å². The average Bonchev–Trinajstić information content (AvgIpc) is 3.50. The predicted octanol–water partition coefficient (Wildman–Crippen LogP) is 4.72. The Balaban J connectivity index is 1.56. The van der Waals surface area contributed by atoms with Crippen molar-refractivity contribution in [2.75, 3.05) is 19.7 Å². The molecule has 0 N–H and O–H groups in total. The molecule has 1 atom stereocenters. The molecular weight excluding hydrogens is 454 g/mol. The molecule has 1 aromatic heterocycles. The van der Waals surface area contributed by atoms with Crippen molar-refractivity contribution in [3.8, 4) is 0 Å². The first-order valence-corrected chi connectivity index (χ1v) is 11.6. The van der Waals surface area contributed by atoms with E-state index in [1.807, 2.05) is 13.0 Å². The van der Waals surface area contributed by atoms with Gasteiger partial charge in [-0.1, -0.05) is 18.2 Å². The zero-order valence-corrected chi connectivity index (χ0v) is 19.6. The third-order valence-electron chi connectivity index (χ3n) is 5.92. The van der Waals surface area contributed by atoms with Crippen LogP contribution in [0.25, 0.3) is 0 Å². The van der Waals surface area contributed by atoms with Crippen LogP contribution in [-0.4, -0.2) is 47.4 Å². The minimum absolute atomic E-state index is 0.169. The maximum Gasteiger partial charge on any atom is 0.254 e. The number of furan rings is 1. The van der Waals surface area contributed by atoms with Crippen molar-refractivity contribution in [3.05, 3.63) is 94.9 Å². The van der Waals surface area contributed by atoms with Gasteiger partial charge in [0.1, 0.15) is 29.7 Å². The third-order valence-corrected chi connectivity index (χ3v) is 5.92. The van der Waals surface area contributed by atoms with Gasteiger partial charge in [-0.2, -0.15) is 0 Å². The van der Waals surface area contributed by atoms with Crippen LogP contribution in [0.4, 0.5) is 8.78 Å². The molecule has 1 saturated heterocycles. The Morgan fingerprint density at radius 1 is 0.971 bits per heavy atom. The molecule has 1 aliphatic rings. The summed E-state index contributed by atoms with van der Waals surface area (Å²) in [6, 6.07) is 14.9. The fourth-order valence-electron chi connectivity index (χ4n) is 4.12. The number of carbonyl (C=O) groups is 2. The smallest absolute Gasteiger partial charge is 0.254 e. The lowest BCUT2D eigenvalue weighted by molar-refractivity contribution is -0.133. The number of hydrogen-bond acceptors (Lipinski definition) is 4. The van der Waals surface area contributed by atoms with E-state index in [9.17, 15) is 18.4 Å². The molecule has 0 bridgehead atoms. The summed E-state index contributed by atoms with van der Waals surface area (Å²) < 4.78 is 38.6. The first kappa shape index (κ1) is 24.6. The summed E-state index contributed by atoms with van der Waals surface area (Å²) in [5, 5.41) is 0. The minimum Gasteiger partial charge on any atom is -0.464 e. The molecule has 0 aliphatic carbocycles. The van der Waals surface area contributed by atoms with Crippen LogP contribution in [0.3, 0.4) is 0 Å². The normalized spacial score (nSPS) is 15.2. The van der Waals surface area contributed by atoms with E-state index in [4.69, 9.17) is 9.15 Å². The van der Waals surface area contributed by atoms with Crippen molar-refractivity contribution >= 4 is 11.8 Å². The van der Waals surface area contributed by atoms with Crippen molar-refractivity contribution in [2.45, 2.75) is 39.0 Å². The molecule has 35 heavy (non-hydrogen) atoms. The highest BCUT2D eigenvalue weighted by atomic mass is 19.1. The van der Waals surface area contributed by atoms with E-state index >= 15 is 0 Å². The quantitative estimate of drug-likeness (QED) is 0.443. The number of aryl methyl sites for hydroxylation is 1. The minimum atomic E-state index is -0.523. The van der Waals surface area contributed by atoms with Crippen LogP contribution in [0.5, 0.6) is 0 Å². The molecule has 0 saturated carbocycles. The third kappa shape index (κ3) is 6.76. The van der Waals surface area contributed by atoms with Crippen LogP contribution in [0.2, 0.25) is 0 Å². The summed E-state index contributed by atoms with van der Waals surface area (Å²) >= 11 is 0. The molecule has 3 aromatic rings. The molecule has 8 heteroatoms. The molecule has 4 rings (SSSR count). The summed E-state index contributed by atoms with van der Waals surface area (Å²) in [4.78, 5) is 29.8. The number of nitrogens with zero attached hydrogens (tertiary/aromatic N) is 2. The molecule has 0 radical (unpaired) electrons. The Labute approximate surface area is 203 Å². The molecule has 1 aliphatic heterocycles. The molecule has 2 heterocycles. The van der Waals surface area contributed by atoms with Crippen LogP contribution in [0.15, 0.2) is 65.1 Å². The monoisotopic (exact) mass is 482 g/mol. The number of ether oxygens (including phenoxy) is 1. The zero-order chi connectivity index (χ0) is 24.8. The van der Waals surface area contributed by atoms with Crippen molar-refractivity contribution in [2.24, 2.45) is 0 Å². The first-order valence-electron chi connectivity index (χ1n) is 11.6. The standard InChI is InChI=1S/C27H28F2N2O4/c1-19-7-12-25(35-19)17-30(15-20-8-10-22(28)11-9-20)26(32)18-31(16-24-6-3-13-34-24)27(33)21-4-2-5-23(29)14-21/h2,4-5,7-12,14,24H,3,6,13,15-18H2,1H3. The van der Waals surface area contributed by atoms with Crippen LogP contribution in [0.1, 0.15) is 40.3 Å². The topological polar surface area (TPSA) is 63.0 Å². The Morgan fingerprint density at radius 3 is 2.43 bits per heavy atom. The summed E-state index contributed by atoms with van der Waals surface area (Å²) in [5.41, 5.74) is 0.910. The van der Waals surface area contributed by atoms with Crippen molar-refractivity contribution < 1.29 is 27.5 Å². The van der Waals surface area contributed by atoms with E-state index in [0.717, 1.165) is 30.2 Å². The SMILES string of the molecule is Cc1ccc(CN(Cc2ccc(F)cc2)C(=O)CN(CC2CCCO2)C(=O)c2cccc(F)c2)o1. The fourth-order valence-corrected chi connectivity index (χ4v) is 4.12. The highest BCUT2D eigenvalue weighted by Gasteiger charge is 2.27. The van der Waals surface area contributed by atoms with Gasteiger partial charge in [-0.3, -0.25) is 9.59 Å². The van der Waals surface area contributed by atoms with Gasteiger partial charge in [0.2, 0.25) is 5.91 Å². The molecule has 1 unspecified atom stereocenters. The van der Waals surface area contributed by atoms with E-state index in [2.05, 4.69) is 0 Å². The highest BCUT2D eigenvalue weighted by Crippen LogP contribution is 2.18. The van der Waals surface area contributed by atoms with Gasteiger partial charge in [0.25, 0.3) is 5.91 Å². The second-order valence-electron chi connectivity index (χ2n) is 8.72. The molecule has 1 fully saturated rings. The Morgan fingerprint density at radius 2 is 1.77 bits per heavy atom. The molecule has 0 spiro atoms. The molecule has 184 valence electrons. The average molecular weight is 483 g/mol. The maximum absolute atomic E-state index is 13.8. The van der Waals surface area contributed by atoms with Gasteiger partial charge in [-0.15, -0.1) is 0 Å². The number of amides is 2. The molecule has 2 amide bonds. The van der Waals surface area contributed by atoms with E-state index in [0.29, 0.717) is 12.4 Å². The van der Waals surface area contributed by atoms with Crippen molar-refractivity contribution in [3.63, 3.8) is 0 Å². The summed E-state index contributed by atoms with van der Waals surface area (Å²) in [6.45, 7) is 2.83. The number of hydrogen-bond donors (Lipinski definition) is 0. The number of carbonyl (C=O) groups excluding carboxylic acids is 2. The van der Waals surface area contributed by atoms with E-state index in [-0.39, 0.29) is 49.6 Å². The lowest BCUT2D eigenvalue weighted by Gasteiger charge is -2.29. The first-order chi connectivity index (χ1) is 16.9. The lowest BCUT2D eigenvalue weighted by Crippen LogP contribution is -2.45. The summed E-state index contributed by atoms with van der Waals surface area (Å²) in [7, 11) is 0.